The van der Waals surface area contributed by atoms with Gasteiger partial charge in [-0.25, -0.2) is 13.4 Å². The summed E-state index contributed by atoms with van der Waals surface area (Å²) in [5.74, 6) is 0.179. The summed E-state index contributed by atoms with van der Waals surface area (Å²) >= 11 is 7.76. The molecule has 0 saturated carbocycles. The second-order valence-electron chi connectivity index (χ2n) is 8.87. The number of ether oxygens (including phenoxy) is 1. The van der Waals surface area contributed by atoms with Crippen molar-refractivity contribution in [3.8, 4) is 5.75 Å². The van der Waals surface area contributed by atoms with Gasteiger partial charge in [0, 0.05) is 13.1 Å². The Hall–Kier alpha value is -3.18. The summed E-state index contributed by atoms with van der Waals surface area (Å²) in [6.45, 7) is 8.61. The standard InChI is InChI=1S/C28H31ClN4O4S2/c1-5-32(6-2)17-18-33(28-30-25-24(37-4)16-15-22(29)26(25)38-28)27(34)21-9-7-8-10-23(21)31-39(35,36)20-13-11-19(3)12-14-20/h7-16,31H,5-6,17-18H2,1-4H3. The maximum Gasteiger partial charge on any atom is 0.262 e. The molecule has 11 heteroatoms. The molecule has 1 heterocycles. The van der Waals surface area contributed by atoms with Gasteiger partial charge in [0.2, 0.25) is 0 Å². The lowest BCUT2D eigenvalue weighted by atomic mass is 10.1. The Labute approximate surface area is 238 Å². The summed E-state index contributed by atoms with van der Waals surface area (Å²) in [5, 5.41) is 0.960. The van der Waals surface area contributed by atoms with Crippen LogP contribution in [-0.4, -0.2) is 57.5 Å². The molecule has 0 fully saturated rings. The molecule has 8 nitrogen and oxygen atoms in total. The number of carbonyl (C=O) groups is 1. The number of thiazole rings is 1. The van der Waals surface area contributed by atoms with Gasteiger partial charge in [0.15, 0.2) is 5.13 Å². The molecule has 0 saturated heterocycles. The number of likely N-dealkylation sites (N-methyl/N-ethyl adjacent to an activating group) is 1. The predicted octanol–water partition coefficient (Wildman–Crippen LogP) is 6.06. The minimum absolute atomic E-state index is 0.113. The molecule has 0 radical (unpaired) electrons. The Kier molecular flexibility index (Phi) is 9.12. The van der Waals surface area contributed by atoms with Crippen LogP contribution in [0.2, 0.25) is 5.02 Å². The number of methoxy groups -OCH3 is 1. The third-order valence-electron chi connectivity index (χ3n) is 6.41. The molecule has 1 N–H and O–H groups in total. The molecule has 1 aromatic heterocycles. The molecule has 4 rings (SSSR count). The van der Waals surface area contributed by atoms with Crippen molar-refractivity contribution >= 4 is 59.9 Å². The Morgan fingerprint density at radius 1 is 1.03 bits per heavy atom. The van der Waals surface area contributed by atoms with Gasteiger partial charge in [-0.3, -0.25) is 14.4 Å². The molecule has 206 valence electrons. The van der Waals surface area contributed by atoms with Crippen molar-refractivity contribution < 1.29 is 17.9 Å². The quantitative estimate of drug-likeness (QED) is 0.230. The minimum atomic E-state index is -3.92. The minimum Gasteiger partial charge on any atom is -0.494 e. The third kappa shape index (κ3) is 6.36. The van der Waals surface area contributed by atoms with Crippen LogP contribution in [0.4, 0.5) is 10.8 Å². The number of carbonyl (C=O) groups excluding carboxylic acids is 1. The van der Waals surface area contributed by atoms with Crippen molar-refractivity contribution in [1.29, 1.82) is 0 Å². The number of aromatic nitrogens is 1. The monoisotopic (exact) mass is 586 g/mol. The molecule has 0 atom stereocenters. The fourth-order valence-corrected chi connectivity index (χ4v) is 6.47. The Morgan fingerprint density at radius 3 is 2.38 bits per heavy atom. The van der Waals surface area contributed by atoms with E-state index in [-0.39, 0.29) is 22.1 Å². The van der Waals surface area contributed by atoms with Gasteiger partial charge < -0.3 is 9.64 Å². The molecule has 4 aromatic rings. The summed E-state index contributed by atoms with van der Waals surface area (Å²) in [4.78, 5) is 22.7. The number of sulfonamides is 1. The maximum atomic E-state index is 14.1. The van der Waals surface area contributed by atoms with Crippen LogP contribution in [0, 0.1) is 6.92 Å². The second kappa shape index (κ2) is 12.3. The largest absolute Gasteiger partial charge is 0.494 e. The molecule has 39 heavy (non-hydrogen) atoms. The fourth-order valence-electron chi connectivity index (χ4n) is 4.11. The number of hydrogen-bond acceptors (Lipinski definition) is 7. The Balaban J connectivity index is 1.75. The number of fused-ring (bicyclic) bond motifs is 1. The number of para-hydroxylation sites is 1. The highest BCUT2D eigenvalue weighted by molar-refractivity contribution is 7.92. The van der Waals surface area contributed by atoms with Crippen LogP contribution >= 0.6 is 22.9 Å². The highest BCUT2D eigenvalue weighted by Gasteiger charge is 2.27. The number of hydrogen-bond donors (Lipinski definition) is 1. The van der Waals surface area contributed by atoms with Crippen LogP contribution in [0.15, 0.2) is 65.6 Å². The van der Waals surface area contributed by atoms with E-state index in [9.17, 15) is 13.2 Å². The van der Waals surface area contributed by atoms with E-state index in [1.807, 2.05) is 6.92 Å². The van der Waals surface area contributed by atoms with Crippen molar-refractivity contribution in [3.63, 3.8) is 0 Å². The van der Waals surface area contributed by atoms with E-state index < -0.39 is 10.0 Å². The zero-order valence-corrected chi connectivity index (χ0v) is 24.7. The van der Waals surface area contributed by atoms with E-state index in [4.69, 9.17) is 21.3 Å². The first kappa shape index (κ1) is 28.8. The molecular formula is C28H31ClN4O4S2. The van der Waals surface area contributed by atoms with Gasteiger partial charge >= 0.3 is 0 Å². The number of nitrogens with one attached hydrogen (secondary N) is 1. The lowest BCUT2D eigenvalue weighted by Gasteiger charge is -2.25. The van der Waals surface area contributed by atoms with Crippen molar-refractivity contribution in [1.82, 2.24) is 9.88 Å². The van der Waals surface area contributed by atoms with Gasteiger partial charge in [-0.05, 0) is 56.4 Å². The average molecular weight is 587 g/mol. The topological polar surface area (TPSA) is 91.8 Å². The summed E-state index contributed by atoms with van der Waals surface area (Å²) in [7, 11) is -2.36. The lowest BCUT2D eigenvalue weighted by molar-refractivity contribution is 0.0984. The van der Waals surface area contributed by atoms with E-state index in [1.54, 1.807) is 60.5 Å². The highest BCUT2D eigenvalue weighted by atomic mass is 35.5. The SMILES string of the molecule is CCN(CC)CCN(C(=O)c1ccccc1NS(=O)(=O)c1ccc(C)cc1)c1nc2c(OC)ccc(Cl)c2s1. The zero-order chi connectivity index (χ0) is 28.2. The maximum absolute atomic E-state index is 14.1. The second-order valence-corrected chi connectivity index (χ2v) is 11.9. The van der Waals surface area contributed by atoms with Crippen molar-refractivity contribution in [2.75, 3.05) is 42.9 Å². The normalized spacial score (nSPS) is 11.6. The van der Waals surface area contributed by atoms with Crippen LogP contribution < -0.4 is 14.4 Å². The number of rotatable bonds is 11. The first-order valence-electron chi connectivity index (χ1n) is 12.5. The van der Waals surface area contributed by atoms with Crippen molar-refractivity contribution in [2.45, 2.75) is 25.7 Å². The highest BCUT2D eigenvalue weighted by Crippen LogP contribution is 2.39. The summed E-state index contributed by atoms with van der Waals surface area (Å²) in [6.07, 6.45) is 0. The van der Waals surface area contributed by atoms with Gasteiger partial charge in [-0.1, -0.05) is 66.6 Å². The number of anilines is 2. The number of nitrogens with zero attached hydrogens (tertiary/aromatic N) is 3. The summed E-state index contributed by atoms with van der Waals surface area (Å²) in [5.41, 5.74) is 1.91. The molecule has 0 bridgehead atoms. The van der Waals surface area contributed by atoms with E-state index in [1.165, 1.54) is 23.5 Å². The molecular weight excluding hydrogens is 556 g/mol. The van der Waals surface area contributed by atoms with Crippen LogP contribution in [0.3, 0.4) is 0 Å². The zero-order valence-electron chi connectivity index (χ0n) is 22.3. The molecule has 1 amide bonds. The third-order valence-corrected chi connectivity index (χ3v) is 9.33. The Bertz CT molecular complexity index is 1570. The van der Waals surface area contributed by atoms with Crippen LogP contribution in [0.25, 0.3) is 10.2 Å². The van der Waals surface area contributed by atoms with Crippen LogP contribution in [-0.2, 0) is 10.0 Å². The Morgan fingerprint density at radius 2 is 1.72 bits per heavy atom. The van der Waals surface area contributed by atoms with Crippen LogP contribution in [0.1, 0.15) is 29.8 Å². The van der Waals surface area contributed by atoms with E-state index in [2.05, 4.69) is 23.5 Å². The smallest absolute Gasteiger partial charge is 0.262 e. The first-order chi connectivity index (χ1) is 18.7. The van der Waals surface area contributed by atoms with E-state index >= 15 is 0 Å². The number of aryl methyl sites for hydroxylation is 1. The van der Waals surface area contributed by atoms with E-state index in [0.29, 0.717) is 39.2 Å². The van der Waals surface area contributed by atoms with Crippen molar-refractivity contribution in [2.24, 2.45) is 0 Å². The van der Waals surface area contributed by atoms with Gasteiger partial charge in [0.25, 0.3) is 15.9 Å². The molecule has 3 aromatic carbocycles. The van der Waals surface area contributed by atoms with Gasteiger partial charge in [0.1, 0.15) is 11.3 Å². The number of amides is 1. The van der Waals surface area contributed by atoms with Gasteiger partial charge in [-0.2, -0.15) is 0 Å². The van der Waals surface area contributed by atoms with Gasteiger partial charge in [-0.15, -0.1) is 0 Å². The predicted molar refractivity (Wildman–Crippen MR) is 159 cm³/mol. The molecule has 0 spiro atoms. The summed E-state index contributed by atoms with van der Waals surface area (Å²) < 4.78 is 35.1. The van der Waals surface area contributed by atoms with Crippen molar-refractivity contribution in [3.05, 3.63) is 76.8 Å². The fraction of sp³-hybridized carbons (Fsp3) is 0.286. The lowest BCUT2D eigenvalue weighted by Crippen LogP contribution is -2.39. The number of benzene rings is 3. The van der Waals surface area contributed by atoms with Crippen LogP contribution in [0.5, 0.6) is 5.75 Å². The molecule has 0 aliphatic carbocycles. The molecule has 0 aliphatic heterocycles. The number of halogens is 1. The first-order valence-corrected chi connectivity index (χ1v) is 15.2. The molecule has 0 unspecified atom stereocenters. The van der Waals surface area contributed by atoms with Gasteiger partial charge in [0.05, 0.1) is 33.0 Å². The van der Waals surface area contributed by atoms with E-state index in [0.717, 1.165) is 18.7 Å². The molecule has 0 aliphatic rings. The average Bonchev–Trinajstić information content (AvgIpc) is 3.37. The summed E-state index contributed by atoms with van der Waals surface area (Å²) in [6, 6.07) is 16.6.